The van der Waals surface area contributed by atoms with Gasteiger partial charge in [-0.1, -0.05) is 51.0 Å². The van der Waals surface area contributed by atoms with Gasteiger partial charge in [-0.05, 0) is 25.7 Å². The van der Waals surface area contributed by atoms with E-state index in [1.807, 2.05) is 26.0 Å². The number of rotatable bonds is 6. The first-order valence-corrected chi connectivity index (χ1v) is 5.60. The summed E-state index contributed by atoms with van der Waals surface area (Å²) in [4.78, 5) is 0. The first kappa shape index (κ1) is 13.4. The summed E-state index contributed by atoms with van der Waals surface area (Å²) in [6, 6.07) is 0. The Balaban J connectivity index is 3.88. The van der Waals surface area contributed by atoms with Gasteiger partial charge in [0, 0.05) is 0 Å². The molecule has 14 heavy (non-hydrogen) atoms. The van der Waals surface area contributed by atoms with Crippen LogP contribution >= 0.6 is 0 Å². The molecule has 0 spiro atoms. The molecule has 0 amide bonds. The number of aliphatic hydroxyl groups is 1. The summed E-state index contributed by atoms with van der Waals surface area (Å²) in [5.74, 6) is 0.301. The molecular weight excluding hydrogens is 172 g/mol. The van der Waals surface area contributed by atoms with E-state index in [9.17, 15) is 5.11 Å². The molecule has 0 bridgehead atoms. The smallest absolute Gasteiger partial charge is 0.0746 e. The zero-order valence-electron chi connectivity index (χ0n) is 9.96. The summed E-state index contributed by atoms with van der Waals surface area (Å²) in [6.45, 7) is 8.37. The van der Waals surface area contributed by atoms with Crippen molar-refractivity contribution in [1.29, 1.82) is 0 Å². The van der Waals surface area contributed by atoms with Gasteiger partial charge in [-0.3, -0.25) is 0 Å². The van der Waals surface area contributed by atoms with Crippen molar-refractivity contribution in [3.63, 3.8) is 0 Å². The van der Waals surface area contributed by atoms with Crippen LogP contribution in [0.1, 0.15) is 47.0 Å². The summed E-state index contributed by atoms with van der Waals surface area (Å²) < 4.78 is 0. The number of unbranched alkanes of at least 4 members (excludes halogenated alkanes) is 1. The topological polar surface area (TPSA) is 20.2 Å². The molecule has 0 aromatic rings. The van der Waals surface area contributed by atoms with E-state index in [4.69, 9.17) is 0 Å². The van der Waals surface area contributed by atoms with Gasteiger partial charge in [0.2, 0.25) is 0 Å². The third-order valence-corrected chi connectivity index (χ3v) is 2.30. The Morgan fingerprint density at radius 1 is 1.36 bits per heavy atom. The highest BCUT2D eigenvalue weighted by molar-refractivity contribution is 5.11. The van der Waals surface area contributed by atoms with Crippen molar-refractivity contribution in [3.05, 3.63) is 23.8 Å². The van der Waals surface area contributed by atoms with Crippen molar-refractivity contribution < 1.29 is 5.11 Å². The highest BCUT2D eigenvalue weighted by Gasteiger charge is 2.02. The number of hydrogen-bond donors (Lipinski definition) is 1. The molecule has 0 aliphatic rings. The first-order valence-electron chi connectivity index (χ1n) is 5.60. The first-order chi connectivity index (χ1) is 6.57. The van der Waals surface area contributed by atoms with Crippen LogP contribution < -0.4 is 0 Å². The van der Waals surface area contributed by atoms with Crippen molar-refractivity contribution in [1.82, 2.24) is 0 Å². The fraction of sp³-hybridized carbons (Fsp3) is 0.692. The normalized spacial score (nSPS) is 15.4. The van der Waals surface area contributed by atoms with Gasteiger partial charge >= 0.3 is 0 Å². The zero-order valence-corrected chi connectivity index (χ0v) is 9.96. The largest absolute Gasteiger partial charge is 0.389 e. The van der Waals surface area contributed by atoms with Gasteiger partial charge in [-0.25, -0.2) is 0 Å². The fourth-order valence-corrected chi connectivity index (χ4v) is 1.09. The highest BCUT2D eigenvalue weighted by Crippen LogP contribution is 2.07. The van der Waals surface area contributed by atoms with Crippen LogP contribution in [0.2, 0.25) is 0 Å². The van der Waals surface area contributed by atoms with E-state index < -0.39 is 0 Å². The minimum absolute atomic E-state index is 0.301. The predicted molar refractivity (Wildman–Crippen MR) is 63.3 cm³/mol. The summed E-state index contributed by atoms with van der Waals surface area (Å²) in [5, 5.41) is 9.50. The van der Waals surface area contributed by atoms with Gasteiger partial charge in [-0.2, -0.15) is 0 Å². The van der Waals surface area contributed by atoms with E-state index >= 15 is 0 Å². The Hall–Kier alpha value is -0.560. The monoisotopic (exact) mass is 196 g/mol. The van der Waals surface area contributed by atoms with E-state index in [2.05, 4.69) is 19.9 Å². The zero-order chi connectivity index (χ0) is 11.0. The van der Waals surface area contributed by atoms with Gasteiger partial charge < -0.3 is 5.11 Å². The molecule has 0 radical (unpaired) electrons. The Kier molecular flexibility index (Phi) is 7.50. The standard InChI is InChI=1S/C13H24O/c1-5-6-8-12(4)9-7-10-13(14)11(2)3/h7,9-11,13-14H,5-6,8H2,1-4H3/b10-7+,12-9+/t13-/m0/s1. The van der Waals surface area contributed by atoms with Crippen LogP contribution in [0.5, 0.6) is 0 Å². The van der Waals surface area contributed by atoms with Crippen molar-refractivity contribution in [3.8, 4) is 0 Å². The second-order valence-corrected chi connectivity index (χ2v) is 4.24. The second-order valence-electron chi connectivity index (χ2n) is 4.24. The summed E-state index contributed by atoms with van der Waals surface area (Å²) >= 11 is 0. The van der Waals surface area contributed by atoms with Gasteiger partial charge in [0.15, 0.2) is 0 Å². The molecule has 82 valence electrons. The maximum Gasteiger partial charge on any atom is 0.0746 e. The average Bonchev–Trinajstić information content (AvgIpc) is 2.14. The highest BCUT2D eigenvalue weighted by atomic mass is 16.3. The summed E-state index contributed by atoms with van der Waals surface area (Å²) in [5.41, 5.74) is 1.39. The van der Waals surface area contributed by atoms with Crippen LogP contribution in [0.4, 0.5) is 0 Å². The van der Waals surface area contributed by atoms with Gasteiger partial charge in [0.05, 0.1) is 6.10 Å². The quantitative estimate of drug-likeness (QED) is 0.642. The lowest BCUT2D eigenvalue weighted by atomic mass is 10.1. The Bertz CT molecular complexity index is 189. The third-order valence-electron chi connectivity index (χ3n) is 2.30. The molecule has 0 aromatic carbocycles. The second kappa shape index (κ2) is 7.81. The molecule has 0 heterocycles. The fourth-order valence-electron chi connectivity index (χ4n) is 1.09. The predicted octanol–water partition coefficient (Wildman–Crippen LogP) is 3.70. The molecule has 0 fully saturated rings. The number of aliphatic hydroxyl groups excluding tert-OH is 1. The minimum Gasteiger partial charge on any atom is -0.389 e. The van der Waals surface area contributed by atoms with Crippen molar-refractivity contribution in [2.45, 2.75) is 53.1 Å². The van der Waals surface area contributed by atoms with Gasteiger partial charge in [0.1, 0.15) is 0 Å². The van der Waals surface area contributed by atoms with Gasteiger partial charge in [-0.15, -0.1) is 0 Å². The maximum absolute atomic E-state index is 9.50. The number of allylic oxidation sites excluding steroid dienone is 3. The van der Waals surface area contributed by atoms with Crippen LogP contribution in [0.25, 0.3) is 0 Å². The Morgan fingerprint density at radius 3 is 2.50 bits per heavy atom. The van der Waals surface area contributed by atoms with Crippen LogP contribution in [0.3, 0.4) is 0 Å². The lowest BCUT2D eigenvalue weighted by Crippen LogP contribution is -2.10. The summed E-state index contributed by atoms with van der Waals surface area (Å²) in [7, 11) is 0. The van der Waals surface area contributed by atoms with Crippen LogP contribution in [0, 0.1) is 5.92 Å². The lowest BCUT2D eigenvalue weighted by Gasteiger charge is -2.07. The molecule has 0 rings (SSSR count). The molecule has 1 nitrogen and oxygen atoms in total. The third kappa shape index (κ3) is 6.90. The molecule has 1 heteroatoms. The Morgan fingerprint density at radius 2 is 2.00 bits per heavy atom. The van der Waals surface area contributed by atoms with Crippen LogP contribution in [-0.4, -0.2) is 11.2 Å². The molecular formula is C13H24O. The molecule has 0 saturated carbocycles. The van der Waals surface area contributed by atoms with Crippen LogP contribution in [-0.2, 0) is 0 Å². The van der Waals surface area contributed by atoms with E-state index in [-0.39, 0.29) is 6.10 Å². The Labute approximate surface area is 88.5 Å². The SMILES string of the molecule is CCCC/C(C)=C/C=C/[C@H](O)C(C)C. The van der Waals surface area contributed by atoms with Gasteiger partial charge in [0.25, 0.3) is 0 Å². The average molecular weight is 196 g/mol. The van der Waals surface area contributed by atoms with Crippen LogP contribution in [0.15, 0.2) is 23.8 Å². The van der Waals surface area contributed by atoms with Crippen molar-refractivity contribution >= 4 is 0 Å². The molecule has 0 aromatic heterocycles. The summed E-state index contributed by atoms with van der Waals surface area (Å²) in [6.07, 6.45) is 9.27. The molecule has 0 saturated heterocycles. The molecule has 0 aliphatic heterocycles. The molecule has 1 atom stereocenters. The number of hydrogen-bond acceptors (Lipinski definition) is 1. The van der Waals surface area contributed by atoms with Crippen molar-refractivity contribution in [2.75, 3.05) is 0 Å². The van der Waals surface area contributed by atoms with E-state index in [0.717, 1.165) is 0 Å². The van der Waals surface area contributed by atoms with E-state index in [1.165, 1.54) is 24.8 Å². The van der Waals surface area contributed by atoms with Crippen molar-refractivity contribution in [2.24, 2.45) is 5.92 Å². The molecule has 1 N–H and O–H groups in total. The van der Waals surface area contributed by atoms with E-state index in [1.54, 1.807) is 0 Å². The maximum atomic E-state index is 9.50. The lowest BCUT2D eigenvalue weighted by molar-refractivity contribution is 0.172. The minimum atomic E-state index is -0.315. The molecule has 0 aliphatic carbocycles. The molecule has 0 unspecified atom stereocenters. The van der Waals surface area contributed by atoms with E-state index in [0.29, 0.717) is 5.92 Å².